The lowest BCUT2D eigenvalue weighted by Gasteiger charge is -2.23. The zero-order chi connectivity index (χ0) is 16.7. The molecule has 122 valence electrons. The van der Waals surface area contributed by atoms with E-state index in [9.17, 15) is 9.59 Å². The van der Waals surface area contributed by atoms with E-state index >= 15 is 0 Å². The summed E-state index contributed by atoms with van der Waals surface area (Å²) in [6.45, 7) is 3.39. The van der Waals surface area contributed by atoms with Gasteiger partial charge in [-0.1, -0.05) is 31.2 Å². The highest BCUT2D eigenvalue weighted by atomic mass is 16.2. The molecular weight excluding hydrogens is 302 g/mol. The molecule has 0 radical (unpaired) electrons. The predicted octanol–water partition coefficient (Wildman–Crippen LogP) is 3.13. The largest absolute Gasteiger partial charge is 0.352 e. The van der Waals surface area contributed by atoms with Crippen molar-refractivity contribution < 1.29 is 9.59 Å². The van der Waals surface area contributed by atoms with Crippen molar-refractivity contribution in [3.8, 4) is 0 Å². The summed E-state index contributed by atoms with van der Waals surface area (Å²) in [6, 6.07) is 13.3. The molecule has 3 amide bonds. The highest BCUT2D eigenvalue weighted by Gasteiger charge is 2.30. The second-order valence-corrected chi connectivity index (χ2v) is 6.34. The summed E-state index contributed by atoms with van der Waals surface area (Å²) in [5.74, 6) is 0.245. The number of carbonyl (C=O) groups is 2. The standard InChI is InChI=1S/C19H19N3O2/c1-12-11-22(17-8-3-2-5-13(12)17)19(24)21-16-7-4-6-15-14(16)9-10-20-18(15)23/h2-8,12H,9-11H2,1H3,(H,20,23)(H,21,24). The average Bonchev–Trinajstić information content (AvgIpc) is 2.93. The van der Waals surface area contributed by atoms with Gasteiger partial charge in [0.2, 0.25) is 0 Å². The zero-order valence-corrected chi connectivity index (χ0v) is 13.5. The Bertz CT molecular complexity index is 831. The zero-order valence-electron chi connectivity index (χ0n) is 13.5. The van der Waals surface area contributed by atoms with Gasteiger partial charge in [0.05, 0.1) is 0 Å². The van der Waals surface area contributed by atoms with E-state index in [1.165, 1.54) is 5.56 Å². The van der Waals surface area contributed by atoms with Gasteiger partial charge in [0.1, 0.15) is 0 Å². The fourth-order valence-electron chi connectivity index (χ4n) is 3.58. The first-order valence-electron chi connectivity index (χ1n) is 8.22. The number of benzene rings is 2. The number of carbonyl (C=O) groups excluding carboxylic acids is 2. The molecule has 2 heterocycles. The van der Waals surface area contributed by atoms with Crippen LogP contribution in [0.1, 0.15) is 34.3 Å². The summed E-state index contributed by atoms with van der Waals surface area (Å²) >= 11 is 0. The summed E-state index contributed by atoms with van der Waals surface area (Å²) in [6.07, 6.45) is 0.727. The number of hydrogen-bond donors (Lipinski definition) is 2. The molecule has 0 spiro atoms. The van der Waals surface area contributed by atoms with Crippen LogP contribution in [0.2, 0.25) is 0 Å². The minimum absolute atomic E-state index is 0.0764. The maximum absolute atomic E-state index is 12.8. The highest BCUT2D eigenvalue weighted by molar-refractivity contribution is 6.05. The third kappa shape index (κ3) is 2.33. The fraction of sp³-hybridized carbons (Fsp3) is 0.263. The van der Waals surface area contributed by atoms with Gasteiger partial charge in [-0.25, -0.2) is 4.79 Å². The van der Waals surface area contributed by atoms with E-state index in [0.717, 1.165) is 23.4 Å². The number of urea groups is 1. The van der Waals surface area contributed by atoms with Crippen molar-refractivity contribution in [2.75, 3.05) is 23.3 Å². The first-order valence-corrected chi connectivity index (χ1v) is 8.22. The van der Waals surface area contributed by atoms with Crippen LogP contribution in [0.15, 0.2) is 42.5 Å². The number of anilines is 2. The molecule has 0 bridgehead atoms. The predicted molar refractivity (Wildman–Crippen MR) is 93.7 cm³/mol. The molecule has 0 aromatic heterocycles. The maximum Gasteiger partial charge on any atom is 0.326 e. The number of nitrogens with one attached hydrogen (secondary N) is 2. The van der Waals surface area contributed by atoms with E-state index < -0.39 is 0 Å². The van der Waals surface area contributed by atoms with Crippen LogP contribution in [0, 0.1) is 0 Å². The fourth-order valence-corrected chi connectivity index (χ4v) is 3.58. The molecule has 2 aliphatic rings. The van der Waals surface area contributed by atoms with Gasteiger partial charge < -0.3 is 10.6 Å². The molecule has 2 aromatic rings. The molecule has 5 nitrogen and oxygen atoms in total. The Hall–Kier alpha value is -2.82. The molecule has 0 saturated heterocycles. The molecule has 2 aliphatic heterocycles. The van der Waals surface area contributed by atoms with Crippen LogP contribution in [-0.2, 0) is 6.42 Å². The molecule has 2 N–H and O–H groups in total. The van der Waals surface area contributed by atoms with E-state index in [0.29, 0.717) is 24.6 Å². The van der Waals surface area contributed by atoms with E-state index in [2.05, 4.69) is 23.6 Å². The molecule has 4 rings (SSSR count). The van der Waals surface area contributed by atoms with Gasteiger partial charge in [0.15, 0.2) is 0 Å². The van der Waals surface area contributed by atoms with Crippen LogP contribution in [0.5, 0.6) is 0 Å². The Kier molecular flexibility index (Phi) is 3.49. The minimum atomic E-state index is -0.147. The summed E-state index contributed by atoms with van der Waals surface area (Å²) in [7, 11) is 0. The Labute approximate surface area is 140 Å². The van der Waals surface area contributed by atoms with Crippen LogP contribution in [-0.4, -0.2) is 25.0 Å². The second kappa shape index (κ2) is 5.67. The monoisotopic (exact) mass is 321 g/mol. The van der Waals surface area contributed by atoms with Crippen LogP contribution >= 0.6 is 0 Å². The first-order chi connectivity index (χ1) is 11.6. The third-order valence-electron chi connectivity index (χ3n) is 4.78. The molecule has 0 saturated carbocycles. The summed E-state index contributed by atoms with van der Waals surface area (Å²) in [5.41, 5.74) is 4.45. The first kappa shape index (κ1) is 14.8. The maximum atomic E-state index is 12.8. The Morgan fingerprint density at radius 3 is 2.92 bits per heavy atom. The summed E-state index contributed by atoms with van der Waals surface area (Å²) in [4.78, 5) is 26.5. The Morgan fingerprint density at radius 2 is 2.04 bits per heavy atom. The molecule has 24 heavy (non-hydrogen) atoms. The van der Waals surface area contributed by atoms with Gasteiger partial charge in [-0.05, 0) is 35.7 Å². The number of nitrogens with zero attached hydrogens (tertiary/aromatic N) is 1. The number of amides is 3. The van der Waals surface area contributed by atoms with E-state index in [-0.39, 0.29) is 11.9 Å². The van der Waals surface area contributed by atoms with Gasteiger partial charge in [-0.15, -0.1) is 0 Å². The second-order valence-electron chi connectivity index (χ2n) is 6.34. The van der Waals surface area contributed by atoms with Gasteiger partial charge in [0.25, 0.3) is 5.91 Å². The van der Waals surface area contributed by atoms with E-state index in [1.807, 2.05) is 24.3 Å². The molecule has 1 unspecified atom stereocenters. The van der Waals surface area contributed by atoms with E-state index in [1.54, 1.807) is 17.0 Å². The molecule has 0 aliphatic carbocycles. The molecule has 2 aromatic carbocycles. The number of fused-ring (bicyclic) bond motifs is 2. The number of para-hydroxylation sites is 1. The molecule has 1 atom stereocenters. The lowest BCUT2D eigenvalue weighted by Crippen LogP contribution is -2.36. The number of rotatable bonds is 1. The van der Waals surface area contributed by atoms with Gasteiger partial charge in [0, 0.05) is 35.9 Å². The lowest BCUT2D eigenvalue weighted by molar-refractivity contribution is 0.0946. The van der Waals surface area contributed by atoms with Crippen molar-refractivity contribution in [3.05, 3.63) is 59.2 Å². The van der Waals surface area contributed by atoms with Crippen molar-refractivity contribution in [1.29, 1.82) is 0 Å². The summed E-state index contributed by atoms with van der Waals surface area (Å²) < 4.78 is 0. The van der Waals surface area contributed by atoms with Crippen LogP contribution in [0.3, 0.4) is 0 Å². The van der Waals surface area contributed by atoms with Crippen molar-refractivity contribution in [3.63, 3.8) is 0 Å². The van der Waals surface area contributed by atoms with Crippen molar-refractivity contribution >= 4 is 23.3 Å². The van der Waals surface area contributed by atoms with Crippen LogP contribution in [0.4, 0.5) is 16.2 Å². The van der Waals surface area contributed by atoms with Crippen LogP contribution in [0.25, 0.3) is 0 Å². The van der Waals surface area contributed by atoms with Crippen molar-refractivity contribution in [2.45, 2.75) is 19.3 Å². The Morgan fingerprint density at radius 1 is 1.21 bits per heavy atom. The van der Waals surface area contributed by atoms with E-state index in [4.69, 9.17) is 0 Å². The van der Waals surface area contributed by atoms with Crippen LogP contribution < -0.4 is 15.5 Å². The SMILES string of the molecule is CC1CN(C(=O)Nc2cccc3c2CCNC3=O)c2ccccc21. The van der Waals surface area contributed by atoms with Crippen molar-refractivity contribution in [1.82, 2.24) is 5.32 Å². The highest BCUT2D eigenvalue weighted by Crippen LogP contribution is 2.36. The topological polar surface area (TPSA) is 61.4 Å². The lowest BCUT2D eigenvalue weighted by atomic mass is 9.98. The molecule has 0 fully saturated rings. The molecular formula is C19H19N3O2. The van der Waals surface area contributed by atoms with Gasteiger partial charge in [-0.2, -0.15) is 0 Å². The third-order valence-corrected chi connectivity index (χ3v) is 4.78. The number of hydrogen-bond acceptors (Lipinski definition) is 2. The molecule has 5 heteroatoms. The normalized spacial score (nSPS) is 18.6. The minimum Gasteiger partial charge on any atom is -0.352 e. The summed E-state index contributed by atoms with van der Waals surface area (Å²) in [5, 5.41) is 5.83. The smallest absolute Gasteiger partial charge is 0.326 e. The Balaban J connectivity index is 1.62. The quantitative estimate of drug-likeness (QED) is 0.848. The van der Waals surface area contributed by atoms with Crippen molar-refractivity contribution in [2.24, 2.45) is 0 Å². The average molecular weight is 321 g/mol. The van der Waals surface area contributed by atoms with Gasteiger partial charge >= 0.3 is 6.03 Å². The van der Waals surface area contributed by atoms with Gasteiger partial charge in [-0.3, -0.25) is 9.69 Å².